The molecule has 0 amide bonds. The molecule has 2 atom stereocenters. The zero-order chi connectivity index (χ0) is 13.8. The number of ether oxygens (including phenoxy) is 1. The quantitative estimate of drug-likeness (QED) is 0.752. The van der Waals surface area contributed by atoms with Gasteiger partial charge in [0, 0.05) is 6.92 Å². The fourth-order valence-electron chi connectivity index (χ4n) is 1.95. The first kappa shape index (κ1) is 14.4. The molecule has 0 aliphatic rings. The topological polar surface area (TPSA) is 43.4 Å². The van der Waals surface area contributed by atoms with E-state index in [0.29, 0.717) is 6.42 Å². The lowest BCUT2D eigenvalue weighted by molar-refractivity contribution is -0.155. The van der Waals surface area contributed by atoms with Crippen LogP contribution in [-0.2, 0) is 20.7 Å². The number of Topliss-reactive ketones (excluding diaryl/α,β-unsaturated/α-hetero) is 1. The van der Waals surface area contributed by atoms with Crippen LogP contribution in [0.5, 0.6) is 0 Å². The standard InChI is InChI=1S/C15H20O3/c1-11(16)15(4,12(2)18-13(3)17)10-14-8-6-5-7-9-14/h5-9,12H,10H2,1-4H3/t12-,15?/m1/s1. The van der Waals surface area contributed by atoms with Crippen molar-refractivity contribution in [3.63, 3.8) is 0 Å². The third kappa shape index (κ3) is 3.42. The molecule has 0 radical (unpaired) electrons. The van der Waals surface area contributed by atoms with Crippen LogP contribution in [0, 0.1) is 5.41 Å². The van der Waals surface area contributed by atoms with Gasteiger partial charge < -0.3 is 4.74 Å². The Kier molecular flexibility index (Phi) is 4.65. The second-order valence-corrected chi connectivity index (χ2v) is 4.89. The van der Waals surface area contributed by atoms with Crippen molar-refractivity contribution in [3.8, 4) is 0 Å². The summed E-state index contributed by atoms with van der Waals surface area (Å²) in [6, 6.07) is 9.76. The van der Waals surface area contributed by atoms with Crippen LogP contribution in [0.4, 0.5) is 0 Å². The molecule has 0 aromatic heterocycles. The lowest BCUT2D eigenvalue weighted by Crippen LogP contribution is -2.41. The molecule has 0 saturated carbocycles. The molecule has 3 heteroatoms. The van der Waals surface area contributed by atoms with Crippen molar-refractivity contribution in [3.05, 3.63) is 35.9 Å². The number of benzene rings is 1. The predicted octanol–water partition coefficient (Wildman–Crippen LogP) is 2.78. The lowest BCUT2D eigenvalue weighted by atomic mass is 9.76. The molecule has 0 spiro atoms. The van der Waals surface area contributed by atoms with E-state index in [1.165, 1.54) is 6.92 Å². The second kappa shape index (κ2) is 5.80. The summed E-state index contributed by atoms with van der Waals surface area (Å²) in [6.45, 7) is 6.52. The molecule has 3 nitrogen and oxygen atoms in total. The number of hydrogen-bond donors (Lipinski definition) is 0. The summed E-state index contributed by atoms with van der Waals surface area (Å²) in [5, 5.41) is 0. The maximum atomic E-state index is 11.9. The average molecular weight is 248 g/mol. The van der Waals surface area contributed by atoms with Gasteiger partial charge >= 0.3 is 5.97 Å². The van der Waals surface area contributed by atoms with Crippen LogP contribution in [0.1, 0.15) is 33.3 Å². The molecule has 18 heavy (non-hydrogen) atoms. The third-order valence-electron chi connectivity index (χ3n) is 3.46. The van der Waals surface area contributed by atoms with E-state index < -0.39 is 11.5 Å². The Hall–Kier alpha value is -1.64. The van der Waals surface area contributed by atoms with Crippen molar-refractivity contribution >= 4 is 11.8 Å². The lowest BCUT2D eigenvalue weighted by Gasteiger charge is -2.32. The van der Waals surface area contributed by atoms with Crippen molar-refractivity contribution in [1.29, 1.82) is 0 Å². The normalized spacial score (nSPS) is 15.6. The maximum absolute atomic E-state index is 11.9. The first-order valence-electron chi connectivity index (χ1n) is 6.08. The zero-order valence-corrected chi connectivity index (χ0v) is 11.4. The van der Waals surface area contributed by atoms with Crippen LogP contribution in [0.25, 0.3) is 0 Å². The summed E-state index contributed by atoms with van der Waals surface area (Å²) in [5.41, 5.74) is 0.377. The molecule has 0 bridgehead atoms. The Bertz CT molecular complexity index is 425. The summed E-state index contributed by atoms with van der Waals surface area (Å²) < 4.78 is 5.19. The molecule has 0 heterocycles. The first-order valence-corrected chi connectivity index (χ1v) is 6.08. The van der Waals surface area contributed by atoms with Gasteiger partial charge in [-0.05, 0) is 32.8 Å². The fraction of sp³-hybridized carbons (Fsp3) is 0.467. The van der Waals surface area contributed by atoms with Crippen molar-refractivity contribution in [2.75, 3.05) is 0 Å². The highest BCUT2D eigenvalue weighted by Gasteiger charge is 2.38. The molecule has 0 N–H and O–H groups in total. The van der Waals surface area contributed by atoms with E-state index in [1.807, 2.05) is 37.3 Å². The second-order valence-electron chi connectivity index (χ2n) is 4.89. The largest absolute Gasteiger partial charge is 0.462 e. The molecule has 1 rings (SSSR count). The Morgan fingerprint density at radius 1 is 1.22 bits per heavy atom. The minimum atomic E-state index is -0.687. The van der Waals surface area contributed by atoms with Crippen LogP contribution < -0.4 is 0 Å². The molecule has 1 aromatic carbocycles. The van der Waals surface area contributed by atoms with Crippen LogP contribution in [0.2, 0.25) is 0 Å². The molecule has 0 aliphatic carbocycles. The molecule has 0 fully saturated rings. The molecule has 0 aliphatic heterocycles. The SMILES string of the molecule is CC(=O)O[C@H](C)C(C)(Cc1ccccc1)C(C)=O. The van der Waals surface area contributed by atoms with Gasteiger partial charge in [-0.15, -0.1) is 0 Å². The van der Waals surface area contributed by atoms with Gasteiger partial charge in [-0.3, -0.25) is 9.59 Å². The highest BCUT2D eigenvalue weighted by molar-refractivity contribution is 5.83. The summed E-state index contributed by atoms with van der Waals surface area (Å²) >= 11 is 0. The van der Waals surface area contributed by atoms with Gasteiger partial charge in [0.05, 0.1) is 5.41 Å². The minimum absolute atomic E-state index is 0.0279. The van der Waals surface area contributed by atoms with Crippen molar-refractivity contribution in [2.24, 2.45) is 5.41 Å². The van der Waals surface area contributed by atoms with Crippen LogP contribution in [0.15, 0.2) is 30.3 Å². The van der Waals surface area contributed by atoms with E-state index in [9.17, 15) is 9.59 Å². The van der Waals surface area contributed by atoms with Gasteiger partial charge in [0.15, 0.2) is 0 Å². The van der Waals surface area contributed by atoms with Crippen LogP contribution >= 0.6 is 0 Å². The average Bonchev–Trinajstić information content (AvgIpc) is 2.28. The summed E-state index contributed by atoms with van der Waals surface area (Å²) in [6.07, 6.45) is 0.130. The van der Waals surface area contributed by atoms with E-state index in [-0.39, 0.29) is 11.8 Å². The third-order valence-corrected chi connectivity index (χ3v) is 3.46. The molecular formula is C15H20O3. The first-order chi connectivity index (χ1) is 8.36. The van der Waals surface area contributed by atoms with Crippen molar-refractivity contribution < 1.29 is 14.3 Å². The summed E-state index contributed by atoms with van der Waals surface area (Å²) in [4.78, 5) is 22.9. The number of rotatable bonds is 5. The number of carbonyl (C=O) groups excluding carboxylic acids is 2. The number of carbonyl (C=O) groups is 2. The highest BCUT2D eigenvalue weighted by Crippen LogP contribution is 2.30. The molecule has 98 valence electrons. The Morgan fingerprint density at radius 2 is 1.78 bits per heavy atom. The van der Waals surface area contributed by atoms with E-state index in [0.717, 1.165) is 5.56 Å². The number of ketones is 1. The van der Waals surface area contributed by atoms with Crippen LogP contribution in [-0.4, -0.2) is 17.9 Å². The zero-order valence-electron chi connectivity index (χ0n) is 11.4. The number of esters is 1. The predicted molar refractivity (Wildman–Crippen MR) is 70.2 cm³/mol. The maximum Gasteiger partial charge on any atom is 0.302 e. The van der Waals surface area contributed by atoms with Gasteiger partial charge in [0.25, 0.3) is 0 Å². The Labute approximate surface area is 108 Å². The van der Waals surface area contributed by atoms with Gasteiger partial charge in [-0.25, -0.2) is 0 Å². The van der Waals surface area contributed by atoms with Gasteiger partial charge in [-0.1, -0.05) is 30.3 Å². The van der Waals surface area contributed by atoms with E-state index >= 15 is 0 Å². The van der Waals surface area contributed by atoms with E-state index in [2.05, 4.69) is 0 Å². The smallest absolute Gasteiger partial charge is 0.302 e. The Morgan fingerprint density at radius 3 is 2.22 bits per heavy atom. The molecule has 1 unspecified atom stereocenters. The fourth-order valence-corrected chi connectivity index (χ4v) is 1.95. The van der Waals surface area contributed by atoms with E-state index in [1.54, 1.807) is 13.8 Å². The highest BCUT2D eigenvalue weighted by atomic mass is 16.5. The van der Waals surface area contributed by atoms with Gasteiger partial charge in [-0.2, -0.15) is 0 Å². The minimum Gasteiger partial charge on any atom is -0.462 e. The number of hydrogen-bond acceptors (Lipinski definition) is 3. The van der Waals surface area contributed by atoms with Gasteiger partial charge in [0.2, 0.25) is 0 Å². The van der Waals surface area contributed by atoms with Gasteiger partial charge in [0.1, 0.15) is 11.9 Å². The summed E-state index contributed by atoms with van der Waals surface area (Å²) in [5.74, 6) is -0.330. The van der Waals surface area contributed by atoms with E-state index in [4.69, 9.17) is 4.74 Å². The van der Waals surface area contributed by atoms with Crippen LogP contribution in [0.3, 0.4) is 0 Å². The monoisotopic (exact) mass is 248 g/mol. The summed E-state index contributed by atoms with van der Waals surface area (Å²) in [7, 11) is 0. The molecule has 1 aromatic rings. The Balaban J connectivity index is 2.93. The van der Waals surface area contributed by atoms with Crippen molar-refractivity contribution in [1.82, 2.24) is 0 Å². The molecule has 0 saturated heterocycles. The van der Waals surface area contributed by atoms with Crippen molar-refractivity contribution in [2.45, 2.75) is 40.2 Å². The molecular weight excluding hydrogens is 228 g/mol.